The molecule has 0 aromatic rings. The molecule has 0 radical (unpaired) electrons. The van der Waals surface area contributed by atoms with E-state index in [4.69, 9.17) is 0 Å². The second-order valence-electron chi connectivity index (χ2n) is 4.16. The van der Waals surface area contributed by atoms with E-state index in [1.54, 1.807) is 0 Å². The van der Waals surface area contributed by atoms with E-state index in [-0.39, 0.29) is 0 Å². The maximum absolute atomic E-state index is 11.0. The molecule has 1 aliphatic carbocycles. The zero-order valence-corrected chi connectivity index (χ0v) is 8.31. The standard InChI is InChI=1S/C11H20O/c1-3-4-5-9(2)10-6-7-11(12)8-10/h9-10H,3-8H2,1-2H3. The van der Waals surface area contributed by atoms with Crippen molar-refractivity contribution < 1.29 is 4.79 Å². The third-order valence-electron chi connectivity index (χ3n) is 3.10. The van der Waals surface area contributed by atoms with Crippen LogP contribution in [0.3, 0.4) is 0 Å². The third kappa shape index (κ3) is 2.62. The van der Waals surface area contributed by atoms with Crippen molar-refractivity contribution in [2.24, 2.45) is 11.8 Å². The molecular weight excluding hydrogens is 148 g/mol. The molecule has 2 unspecified atom stereocenters. The van der Waals surface area contributed by atoms with Crippen LogP contribution in [0.4, 0.5) is 0 Å². The van der Waals surface area contributed by atoms with Gasteiger partial charge in [0, 0.05) is 12.8 Å². The number of hydrogen-bond donors (Lipinski definition) is 0. The van der Waals surface area contributed by atoms with Gasteiger partial charge in [-0.15, -0.1) is 0 Å². The molecule has 1 aliphatic rings. The van der Waals surface area contributed by atoms with Gasteiger partial charge in [0.15, 0.2) is 0 Å². The molecule has 70 valence electrons. The van der Waals surface area contributed by atoms with Gasteiger partial charge in [-0.3, -0.25) is 4.79 Å². The van der Waals surface area contributed by atoms with E-state index < -0.39 is 0 Å². The minimum Gasteiger partial charge on any atom is -0.300 e. The van der Waals surface area contributed by atoms with Crippen LogP contribution in [-0.4, -0.2) is 5.78 Å². The van der Waals surface area contributed by atoms with Crippen molar-refractivity contribution in [1.82, 2.24) is 0 Å². The molecule has 0 spiro atoms. The van der Waals surface area contributed by atoms with Gasteiger partial charge >= 0.3 is 0 Å². The summed E-state index contributed by atoms with van der Waals surface area (Å²) in [6, 6.07) is 0. The van der Waals surface area contributed by atoms with Gasteiger partial charge < -0.3 is 0 Å². The summed E-state index contributed by atoms with van der Waals surface area (Å²) in [5.74, 6) is 1.98. The van der Waals surface area contributed by atoms with Crippen molar-refractivity contribution in [2.45, 2.75) is 52.4 Å². The van der Waals surface area contributed by atoms with Crippen LogP contribution in [-0.2, 0) is 4.79 Å². The van der Waals surface area contributed by atoms with Crippen molar-refractivity contribution >= 4 is 5.78 Å². The molecule has 0 aromatic carbocycles. The lowest BCUT2D eigenvalue weighted by molar-refractivity contribution is -0.117. The molecule has 1 fully saturated rings. The first-order valence-electron chi connectivity index (χ1n) is 5.25. The summed E-state index contributed by atoms with van der Waals surface area (Å²) < 4.78 is 0. The molecular formula is C11H20O. The van der Waals surface area contributed by atoms with Crippen LogP contribution in [0.2, 0.25) is 0 Å². The van der Waals surface area contributed by atoms with Gasteiger partial charge in [0.05, 0.1) is 0 Å². The first-order valence-corrected chi connectivity index (χ1v) is 5.25. The molecule has 0 aliphatic heterocycles. The van der Waals surface area contributed by atoms with Gasteiger partial charge in [0.2, 0.25) is 0 Å². The van der Waals surface area contributed by atoms with E-state index >= 15 is 0 Å². The van der Waals surface area contributed by atoms with Crippen LogP contribution in [0.1, 0.15) is 52.4 Å². The molecule has 1 saturated carbocycles. The van der Waals surface area contributed by atoms with Crippen LogP contribution in [0.15, 0.2) is 0 Å². The van der Waals surface area contributed by atoms with Crippen LogP contribution in [0.25, 0.3) is 0 Å². The highest BCUT2D eigenvalue weighted by atomic mass is 16.1. The number of unbranched alkanes of at least 4 members (excludes halogenated alkanes) is 1. The highest BCUT2D eigenvalue weighted by Crippen LogP contribution is 2.31. The number of carbonyl (C=O) groups excluding carboxylic acids is 1. The van der Waals surface area contributed by atoms with E-state index in [0.29, 0.717) is 11.7 Å². The Morgan fingerprint density at radius 3 is 2.83 bits per heavy atom. The molecule has 0 heterocycles. The number of Topliss-reactive ketones (excluding diaryl/α,β-unsaturated/α-hetero) is 1. The van der Waals surface area contributed by atoms with E-state index in [9.17, 15) is 4.79 Å². The Balaban J connectivity index is 2.23. The maximum Gasteiger partial charge on any atom is 0.133 e. The molecule has 0 amide bonds. The zero-order valence-electron chi connectivity index (χ0n) is 8.31. The quantitative estimate of drug-likeness (QED) is 0.630. The topological polar surface area (TPSA) is 17.1 Å². The predicted octanol–water partition coefficient (Wildman–Crippen LogP) is 3.18. The molecule has 2 atom stereocenters. The molecule has 0 N–H and O–H groups in total. The highest BCUT2D eigenvalue weighted by molar-refractivity contribution is 5.80. The maximum atomic E-state index is 11.0. The Morgan fingerprint density at radius 1 is 1.58 bits per heavy atom. The van der Waals surface area contributed by atoms with Gasteiger partial charge in [0.1, 0.15) is 5.78 Å². The minimum absolute atomic E-state index is 0.489. The average molecular weight is 168 g/mol. The van der Waals surface area contributed by atoms with Crippen molar-refractivity contribution in [2.75, 3.05) is 0 Å². The van der Waals surface area contributed by atoms with Crippen LogP contribution in [0.5, 0.6) is 0 Å². The fourth-order valence-electron chi connectivity index (χ4n) is 2.09. The summed E-state index contributed by atoms with van der Waals surface area (Å²) in [4.78, 5) is 11.0. The first kappa shape index (κ1) is 9.76. The van der Waals surface area contributed by atoms with Crippen molar-refractivity contribution in [1.29, 1.82) is 0 Å². The third-order valence-corrected chi connectivity index (χ3v) is 3.10. The fraction of sp³-hybridized carbons (Fsp3) is 0.909. The smallest absolute Gasteiger partial charge is 0.133 e. The van der Waals surface area contributed by atoms with Crippen molar-refractivity contribution in [3.63, 3.8) is 0 Å². The molecule has 12 heavy (non-hydrogen) atoms. The SMILES string of the molecule is CCCCC(C)C1CCC(=O)C1. The lowest BCUT2D eigenvalue weighted by atomic mass is 9.88. The second kappa shape index (κ2) is 4.64. The normalized spacial score (nSPS) is 26.2. The monoisotopic (exact) mass is 168 g/mol. The fourth-order valence-corrected chi connectivity index (χ4v) is 2.09. The number of hydrogen-bond acceptors (Lipinski definition) is 1. The average Bonchev–Trinajstić information content (AvgIpc) is 2.47. The summed E-state index contributed by atoms with van der Waals surface area (Å²) in [5.41, 5.74) is 0. The molecule has 1 nitrogen and oxygen atoms in total. The van der Waals surface area contributed by atoms with Crippen LogP contribution >= 0.6 is 0 Å². The Hall–Kier alpha value is -0.330. The lowest BCUT2D eigenvalue weighted by Gasteiger charge is -2.17. The summed E-state index contributed by atoms with van der Waals surface area (Å²) in [7, 11) is 0. The lowest BCUT2D eigenvalue weighted by Crippen LogP contribution is -2.08. The van der Waals surface area contributed by atoms with E-state index in [2.05, 4.69) is 13.8 Å². The first-order chi connectivity index (χ1) is 5.74. The number of rotatable bonds is 4. The van der Waals surface area contributed by atoms with Crippen LogP contribution < -0.4 is 0 Å². The number of ketones is 1. The van der Waals surface area contributed by atoms with Crippen LogP contribution in [0, 0.1) is 11.8 Å². The molecule has 0 aromatic heterocycles. The van der Waals surface area contributed by atoms with E-state index in [1.165, 1.54) is 19.3 Å². The van der Waals surface area contributed by atoms with Gasteiger partial charge in [0.25, 0.3) is 0 Å². The predicted molar refractivity (Wildman–Crippen MR) is 51.0 cm³/mol. The molecule has 0 bridgehead atoms. The van der Waals surface area contributed by atoms with Gasteiger partial charge in [-0.05, 0) is 18.3 Å². The van der Waals surface area contributed by atoms with Crippen molar-refractivity contribution in [3.8, 4) is 0 Å². The van der Waals surface area contributed by atoms with Gasteiger partial charge in [-0.25, -0.2) is 0 Å². The van der Waals surface area contributed by atoms with E-state index in [1.807, 2.05) is 0 Å². The largest absolute Gasteiger partial charge is 0.300 e. The molecule has 1 heteroatoms. The Bertz CT molecular complexity index is 151. The Kier molecular flexibility index (Phi) is 3.77. The Labute approximate surface area is 75.5 Å². The Morgan fingerprint density at radius 2 is 2.33 bits per heavy atom. The van der Waals surface area contributed by atoms with Gasteiger partial charge in [-0.2, -0.15) is 0 Å². The number of carbonyl (C=O) groups is 1. The highest BCUT2D eigenvalue weighted by Gasteiger charge is 2.26. The molecule has 0 saturated heterocycles. The second-order valence-corrected chi connectivity index (χ2v) is 4.16. The minimum atomic E-state index is 0.489. The van der Waals surface area contributed by atoms with Crippen molar-refractivity contribution in [3.05, 3.63) is 0 Å². The summed E-state index contributed by atoms with van der Waals surface area (Å²) >= 11 is 0. The molecule has 1 rings (SSSR count). The summed E-state index contributed by atoms with van der Waals surface area (Å²) in [6.45, 7) is 4.53. The van der Waals surface area contributed by atoms with E-state index in [0.717, 1.165) is 25.2 Å². The van der Waals surface area contributed by atoms with Gasteiger partial charge in [-0.1, -0.05) is 33.1 Å². The zero-order chi connectivity index (χ0) is 8.97. The summed E-state index contributed by atoms with van der Waals surface area (Å²) in [6.07, 6.45) is 6.79. The summed E-state index contributed by atoms with van der Waals surface area (Å²) in [5, 5.41) is 0.